The number of hydrogen-bond donors (Lipinski definition) is 1. The molecule has 1 heterocycles. The minimum absolute atomic E-state index is 0.0339. The van der Waals surface area contributed by atoms with Gasteiger partial charge in [0.1, 0.15) is 6.54 Å². The van der Waals surface area contributed by atoms with E-state index in [4.69, 9.17) is 14.7 Å². The molecule has 1 aliphatic rings. The van der Waals surface area contributed by atoms with Crippen molar-refractivity contribution in [2.75, 3.05) is 18.1 Å². The first-order valence-electron chi connectivity index (χ1n) is 7.79. The molecule has 1 aromatic carbocycles. The van der Waals surface area contributed by atoms with Gasteiger partial charge in [-0.1, -0.05) is 20.8 Å². The molecule has 1 N–H and O–H groups in total. The molecule has 6 nitrogen and oxygen atoms in total. The summed E-state index contributed by atoms with van der Waals surface area (Å²) < 4.78 is 11.6. The van der Waals surface area contributed by atoms with Gasteiger partial charge in [-0.3, -0.25) is 9.69 Å². The van der Waals surface area contributed by atoms with Crippen molar-refractivity contribution in [1.82, 2.24) is 0 Å². The SMILES string of the molecule is CCCOc1cc(CO)cc2c1OC(C(C)C)C(=O)N2CC#N. The first-order chi connectivity index (χ1) is 11.0. The van der Waals surface area contributed by atoms with E-state index in [1.165, 1.54) is 4.90 Å². The highest BCUT2D eigenvalue weighted by Gasteiger charge is 2.38. The van der Waals surface area contributed by atoms with Gasteiger partial charge in [0.05, 0.1) is 25.0 Å². The molecule has 6 heteroatoms. The predicted octanol–water partition coefficient (Wildman–Crippen LogP) is 2.24. The Kier molecular flexibility index (Phi) is 5.45. The van der Waals surface area contributed by atoms with E-state index in [0.717, 1.165) is 6.42 Å². The van der Waals surface area contributed by atoms with Crippen molar-refractivity contribution >= 4 is 11.6 Å². The molecule has 0 spiro atoms. The summed E-state index contributed by atoms with van der Waals surface area (Å²) in [6.07, 6.45) is 0.173. The number of aliphatic hydroxyl groups is 1. The highest BCUT2D eigenvalue weighted by molar-refractivity contribution is 6.01. The molecular formula is C17H22N2O4. The minimum atomic E-state index is -0.653. The predicted molar refractivity (Wildman–Crippen MR) is 85.4 cm³/mol. The number of nitrogens with zero attached hydrogens (tertiary/aromatic N) is 2. The third kappa shape index (κ3) is 3.40. The van der Waals surface area contributed by atoms with E-state index < -0.39 is 6.10 Å². The standard InChI is InChI=1S/C17H22N2O4/c1-4-7-22-14-9-12(10-20)8-13-16(14)23-15(11(2)3)17(21)19(13)6-5-18/h8-9,11,15,20H,4,6-7,10H2,1-3H3. The molecular weight excluding hydrogens is 296 g/mol. The number of fused-ring (bicyclic) bond motifs is 1. The zero-order chi connectivity index (χ0) is 17.0. The molecule has 0 fully saturated rings. The molecule has 1 unspecified atom stereocenters. The summed E-state index contributed by atoms with van der Waals surface area (Å²) in [4.78, 5) is 14.0. The molecule has 0 bridgehead atoms. The van der Waals surface area contributed by atoms with Gasteiger partial charge in [0, 0.05) is 0 Å². The summed E-state index contributed by atoms with van der Waals surface area (Å²) in [6.45, 7) is 6.03. The number of hydrogen-bond acceptors (Lipinski definition) is 5. The molecule has 1 amide bonds. The topological polar surface area (TPSA) is 82.8 Å². The van der Waals surface area contributed by atoms with Crippen LogP contribution in [-0.2, 0) is 11.4 Å². The van der Waals surface area contributed by atoms with Crippen molar-refractivity contribution in [3.63, 3.8) is 0 Å². The van der Waals surface area contributed by atoms with Gasteiger partial charge in [-0.25, -0.2) is 0 Å². The van der Waals surface area contributed by atoms with E-state index in [-0.39, 0.29) is 25.0 Å². The Labute approximate surface area is 136 Å². The van der Waals surface area contributed by atoms with Crippen molar-refractivity contribution < 1.29 is 19.4 Å². The Morgan fingerprint density at radius 3 is 2.78 bits per heavy atom. The van der Waals surface area contributed by atoms with Gasteiger partial charge in [0.25, 0.3) is 5.91 Å². The smallest absolute Gasteiger partial charge is 0.269 e. The van der Waals surface area contributed by atoms with E-state index >= 15 is 0 Å². The quantitative estimate of drug-likeness (QED) is 0.813. The van der Waals surface area contributed by atoms with Gasteiger partial charge in [0.2, 0.25) is 0 Å². The number of carbonyl (C=O) groups is 1. The summed E-state index contributed by atoms with van der Waals surface area (Å²) in [7, 11) is 0. The van der Waals surface area contributed by atoms with Crippen LogP contribution in [0.3, 0.4) is 0 Å². The van der Waals surface area contributed by atoms with Gasteiger partial charge in [0.15, 0.2) is 17.6 Å². The Hall–Kier alpha value is -2.26. The minimum Gasteiger partial charge on any atom is -0.490 e. The number of ether oxygens (including phenoxy) is 2. The lowest BCUT2D eigenvalue weighted by Gasteiger charge is -2.35. The number of carbonyl (C=O) groups excluding carboxylic acids is 1. The zero-order valence-corrected chi connectivity index (χ0v) is 13.7. The maximum Gasteiger partial charge on any atom is 0.269 e. The number of amides is 1. The highest BCUT2D eigenvalue weighted by atomic mass is 16.5. The number of anilines is 1. The van der Waals surface area contributed by atoms with Gasteiger partial charge >= 0.3 is 0 Å². The van der Waals surface area contributed by atoms with E-state index in [0.29, 0.717) is 29.4 Å². The molecule has 0 aliphatic carbocycles. The lowest BCUT2D eigenvalue weighted by atomic mass is 10.0. The molecule has 23 heavy (non-hydrogen) atoms. The fourth-order valence-corrected chi connectivity index (χ4v) is 2.48. The van der Waals surface area contributed by atoms with Gasteiger partial charge < -0.3 is 14.6 Å². The number of rotatable bonds is 6. The Morgan fingerprint density at radius 1 is 1.48 bits per heavy atom. The molecule has 1 aromatic rings. The van der Waals surface area contributed by atoms with Crippen LogP contribution in [0.15, 0.2) is 12.1 Å². The summed E-state index contributed by atoms with van der Waals surface area (Å²) in [5.74, 6) is 0.678. The van der Waals surface area contributed by atoms with Crippen LogP contribution in [0, 0.1) is 17.2 Å². The first-order valence-corrected chi connectivity index (χ1v) is 7.79. The lowest BCUT2D eigenvalue weighted by molar-refractivity contribution is -0.128. The molecule has 1 atom stereocenters. The maximum absolute atomic E-state index is 12.6. The van der Waals surface area contributed by atoms with Crippen LogP contribution in [0.1, 0.15) is 32.8 Å². The molecule has 0 aromatic heterocycles. The van der Waals surface area contributed by atoms with Crippen LogP contribution >= 0.6 is 0 Å². The number of nitriles is 1. The summed E-state index contributed by atoms with van der Waals surface area (Å²) in [6, 6.07) is 5.40. The van der Waals surface area contributed by atoms with Crippen molar-refractivity contribution in [2.45, 2.75) is 39.9 Å². The average molecular weight is 318 g/mol. The largest absolute Gasteiger partial charge is 0.490 e. The molecule has 0 saturated heterocycles. The second kappa shape index (κ2) is 7.34. The molecule has 2 rings (SSSR count). The Balaban J connectivity index is 2.55. The van der Waals surface area contributed by atoms with Crippen molar-refractivity contribution in [3.05, 3.63) is 17.7 Å². The van der Waals surface area contributed by atoms with Crippen molar-refractivity contribution in [1.29, 1.82) is 5.26 Å². The fourth-order valence-electron chi connectivity index (χ4n) is 2.48. The van der Waals surface area contributed by atoms with Crippen LogP contribution < -0.4 is 14.4 Å². The van der Waals surface area contributed by atoms with E-state index in [2.05, 4.69) is 0 Å². The normalized spacial score (nSPS) is 16.8. The third-order valence-electron chi connectivity index (χ3n) is 3.62. The van der Waals surface area contributed by atoms with Crippen LogP contribution in [0.5, 0.6) is 11.5 Å². The summed E-state index contributed by atoms with van der Waals surface area (Å²) in [5, 5.41) is 18.5. The number of benzene rings is 1. The first kappa shape index (κ1) is 17.1. The monoisotopic (exact) mass is 318 g/mol. The van der Waals surface area contributed by atoms with E-state index in [9.17, 15) is 9.90 Å². The molecule has 0 radical (unpaired) electrons. The number of aliphatic hydroxyl groups excluding tert-OH is 1. The average Bonchev–Trinajstić information content (AvgIpc) is 2.54. The molecule has 1 aliphatic heterocycles. The van der Waals surface area contributed by atoms with Crippen molar-refractivity contribution in [3.8, 4) is 17.6 Å². The Bertz CT molecular complexity index is 622. The van der Waals surface area contributed by atoms with Crippen molar-refractivity contribution in [2.24, 2.45) is 5.92 Å². The lowest BCUT2D eigenvalue weighted by Crippen LogP contribution is -2.48. The maximum atomic E-state index is 12.6. The summed E-state index contributed by atoms with van der Waals surface area (Å²) in [5.41, 5.74) is 1.09. The van der Waals surface area contributed by atoms with Crippen LogP contribution in [0.2, 0.25) is 0 Å². The van der Waals surface area contributed by atoms with E-state index in [1.54, 1.807) is 12.1 Å². The second-order valence-electron chi connectivity index (χ2n) is 5.81. The highest BCUT2D eigenvalue weighted by Crippen LogP contribution is 2.44. The van der Waals surface area contributed by atoms with Gasteiger partial charge in [-0.05, 0) is 30.0 Å². The second-order valence-corrected chi connectivity index (χ2v) is 5.81. The molecule has 124 valence electrons. The van der Waals surface area contributed by atoms with Crippen LogP contribution in [-0.4, -0.2) is 30.3 Å². The van der Waals surface area contributed by atoms with Gasteiger partial charge in [-0.2, -0.15) is 5.26 Å². The summed E-state index contributed by atoms with van der Waals surface area (Å²) >= 11 is 0. The fraction of sp³-hybridized carbons (Fsp3) is 0.529. The van der Waals surface area contributed by atoms with Gasteiger partial charge in [-0.15, -0.1) is 0 Å². The van der Waals surface area contributed by atoms with E-state index in [1.807, 2.05) is 26.8 Å². The Morgan fingerprint density at radius 2 is 2.22 bits per heavy atom. The van der Waals surface area contributed by atoms with Crippen LogP contribution in [0.4, 0.5) is 5.69 Å². The third-order valence-corrected chi connectivity index (χ3v) is 3.62. The van der Waals surface area contributed by atoms with Crippen LogP contribution in [0.25, 0.3) is 0 Å². The molecule has 0 saturated carbocycles. The zero-order valence-electron chi connectivity index (χ0n) is 13.7.